The quantitative estimate of drug-likeness (QED) is 0.0261. The minimum Gasteiger partial charge on any atom is -0.462 e. The number of carbonyl (C=O) groups is 3. The zero-order valence-electron chi connectivity index (χ0n) is 47.6. The summed E-state index contributed by atoms with van der Waals surface area (Å²) in [4.78, 5) is 38.2. The van der Waals surface area contributed by atoms with Gasteiger partial charge in [-0.1, -0.05) is 309 Å². The smallest absolute Gasteiger partial charge is 0.306 e. The maximum Gasteiger partial charge on any atom is 0.306 e. The molecule has 0 aliphatic heterocycles. The second kappa shape index (κ2) is 59.7. The first-order valence-electron chi connectivity index (χ1n) is 31.7. The fraction of sp³-hybridized carbons (Fsp3) is 0.922. The Balaban J connectivity index is 4.19. The van der Waals surface area contributed by atoms with Crippen molar-refractivity contribution in [3.8, 4) is 0 Å². The van der Waals surface area contributed by atoms with E-state index in [0.717, 1.165) is 57.8 Å². The van der Waals surface area contributed by atoms with E-state index < -0.39 is 6.10 Å². The summed E-state index contributed by atoms with van der Waals surface area (Å²) in [5.74, 6) is -0.843. The van der Waals surface area contributed by atoms with Crippen LogP contribution in [0.2, 0.25) is 0 Å². The van der Waals surface area contributed by atoms with Crippen molar-refractivity contribution in [3.63, 3.8) is 0 Å². The summed E-state index contributed by atoms with van der Waals surface area (Å²) < 4.78 is 16.9. The lowest BCUT2D eigenvalue weighted by molar-refractivity contribution is -0.167. The summed E-state index contributed by atoms with van der Waals surface area (Å²) >= 11 is 0. The van der Waals surface area contributed by atoms with Crippen molar-refractivity contribution in [3.05, 3.63) is 12.2 Å². The number of allylic oxidation sites excluding steroid dienone is 2. The topological polar surface area (TPSA) is 78.9 Å². The molecule has 0 fully saturated rings. The lowest BCUT2D eigenvalue weighted by Gasteiger charge is -2.18. The maximum atomic E-state index is 12.9. The molecule has 6 heteroatoms. The van der Waals surface area contributed by atoms with Crippen LogP contribution in [0.4, 0.5) is 0 Å². The van der Waals surface area contributed by atoms with Gasteiger partial charge in [0.1, 0.15) is 13.2 Å². The van der Waals surface area contributed by atoms with Crippen LogP contribution in [0.25, 0.3) is 0 Å². The molecule has 0 aromatic heterocycles. The first-order chi connectivity index (χ1) is 34.5. The highest BCUT2D eigenvalue weighted by Gasteiger charge is 2.19. The van der Waals surface area contributed by atoms with Gasteiger partial charge < -0.3 is 14.2 Å². The SMILES string of the molecule is CCCCCCCC/C=C\CCCCCCCCCC(=O)OC(COC(=O)CCCCCCCCCCCCC)COC(=O)CCCCCCCCCCCCCCCCCCCCCCCCCC. The molecule has 0 saturated carbocycles. The van der Waals surface area contributed by atoms with E-state index in [9.17, 15) is 14.4 Å². The lowest BCUT2D eigenvalue weighted by atomic mass is 10.0. The molecule has 0 heterocycles. The van der Waals surface area contributed by atoms with Crippen LogP contribution in [0.3, 0.4) is 0 Å². The van der Waals surface area contributed by atoms with Crippen molar-refractivity contribution in [2.24, 2.45) is 0 Å². The summed E-state index contributed by atoms with van der Waals surface area (Å²) in [6, 6.07) is 0. The predicted molar refractivity (Wildman–Crippen MR) is 303 cm³/mol. The minimum absolute atomic E-state index is 0.0655. The van der Waals surface area contributed by atoms with Crippen LogP contribution in [0.5, 0.6) is 0 Å². The van der Waals surface area contributed by atoms with E-state index in [0.29, 0.717) is 19.3 Å². The molecule has 0 bridgehead atoms. The summed E-state index contributed by atoms with van der Waals surface area (Å²) in [7, 11) is 0. The average Bonchev–Trinajstić information content (AvgIpc) is 3.36. The third-order valence-electron chi connectivity index (χ3n) is 14.5. The second-order valence-electron chi connectivity index (χ2n) is 21.7. The van der Waals surface area contributed by atoms with Gasteiger partial charge in [-0.15, -0.1) is 0 Å². The van der Waals surface area contributed by atoms with Crippen molar-refractivity contribution in [1.29, 1.82) is 0 Å². The standard InChI is InChI=1S/C64H122O6/c1-4-7-10-13-16-19-22-24-26-28-29-30-31-32-33-34-36-37-39-42-45-48-51-54-57-63(66)69-60-61(59-68-62(65)56-53-50-47-44-41-21-18-15-12-9-6-3)70-64(67)58-55-52-49-46-43-40-38-35-27-25-23-20-17-14-11-8-5-2/h25,27,61H,4-24,26,28-60H2,1-3H3/b27-25-. The molecule has 0 rings (SSSR count). The van der Waals surface area contributed by atoms with Crippen LogP contribution in [0.15, 0.2) is 12.2 Å². The molecular weight excluding hydrogens is 865 g/mol. The van der Waals surface area contributed by atoms with Crippen molar-refractivity contribution in [2.45, 2.75) is 367 Å². The number of hydrogen-bond donors (Lipinski definition) is 0. The van der Waals surface area contributed by atoms with Gasteiger partial charge in [0.15, 0.2) is 6.10 Å². The fourth-order valence-corrected chi connectivity index (χ4v) is 9.74. The molecule has 1 unspecified atom stereocenters. The van der Waals surface area contributed by atoms with Crippen molar-refractivity contribution in [1.82, 2.24) is 0 Å². The normalized spacial score (nSPS) is 12.0. The molecule has 70 heavy (non-hydrogen) atoms. The van der Waals surface area contributed by atoms with Gasteiger partial charge >= 0.3 is 17.9 Å². The zero-order chi connectivity index (χ0) is 50.7. The largest absolute Gasteiger partial charge is 0.462 e. The Kier molecular flexibility index (Phi) is 58.1. The van der Waals surface area contributed by atoms with Gasteiger partial charge in [-0.2, -0.15) is 0 Å². The third-order valence-corrected chi connectivity index (χ3v) is 14.5. The molecule has 0 spiro atoms. The first-order valence-corrected chi connectivity index (χ1v) is 31.7. The van der Waals surface area contributed by atoms with Crippen LogP contribution >= 0.6 is 0 Å². The van der Waals surface area contributed by atoms with Gasteiger partial charge in [-0.3, -0.25) is 14.4 Å². The number of carbonyl (C=O) groups excluding carboxylic acids is 3. The summed E-state index contributed by atoms with van der Waals surface area (Å²) in [6.07, 6.45) is 69.4. The Morgan fingerprint density at radius 3 is 0.714 bits per heavy atom. The van der Waals surface area contributed by atoms with Gasteiger partial charge in [0.05, 0.1) is 0 Å². The molecule has 0 N–H and O–H groups in total. The van der Waals surface area contributed by atoms with Crippen LogP contribution in [0.1, 0.15) is 361 Å². The first kappa shape index (κ1) is 68.2. The average molecular weight is 988 g/mol. The van der Waals surface area contributed by atoms with Gasteiger partial charge in [0.2, 0.25) is 0 Å². The van der Waals surface area contributed by atoms with Crippen molar-refractivity contribution >= 4 is 17.9 Å². The molecule has 0 aromatic carbocycles. The highest BCUT2D eigenvalue weighted by atomic mass is 16.6. The monoisotopic (exact) mass is 987 g/mol. The summed E-state index contributed by atoms with van der Waals surface area (Å²) in [5, 5.41) is 0. The molecule has 0 saturated heterocycles. The van der Waals surface area contributed by atoms with E-state index in [1.807, 2.05) is 0 Å². The Bertz CT molecular complexity index is 1090. The molecule has 0 amide bonds. The lowest BCUT2D eigenvalue weighted by Crippen LogP contribution is -2.30. The fourth-order valence-electron chi connectivity index (χ4n) is 9.74. The Labute approximate surface area is 437 Å². The molecular formula is C64H122O6. The number of unbranched alkanes of at least 4 members (excludes halogenated alkanes) is 46. The van der Waals surface area contributed by atoms with Crippen molar-refractivity contribution < 1.29 is 28.6 Å². The van der Waals surface area contributed by atoms with E-state index in [4.69, 9.17) is 14.2 Å². The van der Waals surface area contributed by atoms with Gasteiger partial charge in [0, 0.05) is 19.3 Å². The molecule has 0 radical (unpaired) electrons. The third kappa shape index (κ3) is 57.1. The number of hydrogen-bond acceptors (Lipinski definition) is 6. The highest BCUT2D eigenvalue weighted by Crippen LogP contribution is 2.18. The molecule has 6 nitrogen and oxygen atoms in total. The minimum atomic E-state index is -0.767. The maximum absolute atomic E-state index is 12.9. The van der Waals surface area contributed by atoms with Crippen molar-refractivity contribution in [2.75, 3.05) is 13.2 Å². The molecule has 1 atom stereocenters. The number of esters is 3. The van der Waals surface area contributed by atoms with Gasteiger partial charge in [-0.25, -0.2) is 0 Å². The predicted octanol–water partition coefficient (Wildman–Crippen LogP) is 21.3. The number of rotatable bonds is 59. The second-order valence-corrected chi connectivity index (χ2v) is 21.7. The number of ether oxygens (including phenoxy) is 3. The van der Waals surface area contributed by atoms with Crippen LogP contribution in [-0.2, 0) is 28.6 Å². The van der Waals surface area contributed by atoms with Crippen LogP contribution in [0, 0.1) is 0 Å². The van der Waals surface area contributed by atoms with E-state index in [2.05, 4.69) is 32.9 Å². The Morgan fingerprint density at radius 2 is 0.471 bits per heavy atom. The Morgan fingerprint density at radius 1 is 0.271 bits per heavy atom. The molecule has 0 aromatic rings. The van der Waals surface area contributed by atoms with Crippen LogP contribution in [-0.4, -0.2) is 37.2 Å². The van der Waals surface area contributed by atoms with Gasteiger partial charge in [-0.05, 0) is 44.9 Å². The van der Waals surface area contributed by atoms with E-state index >= 15 is 0 Å². The van der Waals surface area contributed by atoms with Crippen LogP contribution < -0.4 is 0 Å². The zero-order valence-corrected chi connectivity index (χ0v) is 47.6. The summed E-state index contributed by atoms with van der Waals surface area (Å²) in [6.45, 7) is 6.69. The summed E-state index contributed by atoms with van der Waals surface area (Å²) in [5.41, 5.74) is 0. The van der Waals surface area contributed by atoms with E-state index in [1.54, 1.807) is 0 Å². The van der Waals surface area contributed by atoms with Gasteiger partial charge in [0.25, 0.3) is 0 Å². The Hall–Kier alpha value is -1.85. The molecule has 0 aliphatic rings. The molecule has 414 valence electrons. The molecule has 0 aliphatic carbocycles. The van der Waals surface area contributed by atoms with E-state index in [-0.39, 0.29) is 31.1 Å². The highest BCUT2D eigenvalue weighted by molar-refractivity contribution is 5.71. The van der Waals surface area contributed by atoms with E-state index in [1.165, 1.54) is 263 Å².